The van der Waals surface area contributed by atoms with Crippen LogP contribution in [0.15, 0.2) is 66.8 Å². The number of benzene rings is 3. The highest BCUT2D eigenvalue weighted by Gasteiger charge is 2.21. The molecule has 3 aromatic carbocycles. The first-order valence-corrected chi connectivity index (χ1v) is 10.0. The molecule has 0 spiro atoms. The summed E-state index contributed by atoms with van der Waals surface area (Å²) in [5.41, 5.74) is 5.05. The smallest absolute Gasteiger partial charge is 0.200 e. The zero-order valence-corrected chi connectivity index (χ0v) is 16.1. The molecule has 1 nitrogen and oxygen atoms in total. The Balaban J connectivity index is 1.76. The standard InChI is InChI=1S/C26H26N/c1-18-15-20-9-5-6-10-21(20)17-25(18)26-24-12-11-22(19-7-3-4-8-19)16-23(24)13-14-27(26)2/h5-6,9-17,19H,3-4,7-8H2,1-2H3/q+1/i14D. The first kappa shape index (κ1) is 15.4. The molecule has 1 aliphatic rings. The summed E-state index contributed by atoms with van der Waals surface area (Å²) in [5.74, 6) is 0.693. The van der Waals surface area contributed by atoms with Crippen LogP contribution in [0.2, 0.25) is 0 Å². The van der Waals surface area contributed by atoms with Gasteiger partial charge in [-0.15, -0.1) is 0 Å². The van der Waals surface area contributed by atoms with Gasteiger partial charge < -0.3 is 0 Å². The minimum Gasteiger partial charge on any atom is -0.200 e. The van der Waals surface area contributed by atoms with Crippen molar-refractivity contribution >= 4 is 21.5 Å². The molecule has 1 saturated carbocycles. The Bertz CT molecular complexity index is 1200. The van der Waals surface area contributed by atoms with Gasteiger partial charge in [-0.3, -0.25) is 0 Å². The van der Waals surface area contributed by atoms with E-state index in [1.807, 2.05) is 17.7 Å². The van der Waals surface area contributed by atoms with E-state index in [9.17, 15) is 0 Å². The van der Waals surface area contributed by atoms with E-state index in [0.717, 1.165) is 5.69 Å². The van der Waals surface area contributed by atoms with E-state index < -0.39 is 0 Å². The highest BCUT2D eigenvalue weighted by Crippen LogP contribution is 2.37. The van der Waals surface area contributed by atoms with Crippen LogP contribution in [0.1, 0.15) is 44.1 Å². The SMILES string of the molecule is [2H]c1cc2cc(C3CCCC3)ccc2c(-c2cc3ccccc3cc2C)[n+]1C. The fourth-order valence-electron chi connectivity index (χ4n) is 4.78. The highest BCUT2D eigenvalue weighted by molar-refractivity contribution is 5.97. The topological polar surface area (TPSA) is 3.88 Å². The summed E-state index contributed by atoms with van der Waals surface area (Å²) in [6.07, 6.45) is 5.85. The van der Waals surface area contributed by atoms with Crippen LogP contribution in [0, 0.1) is 6.92 Å². The fourth-order valence-corrected chi connectivity index (χ4v) is 4.78. The van der Waals surface area contributed by atoms with E-state index >= 15 is 0 Å². The molecule has 1 heteroatoms. The first-order chi connectivity index (χ1) is 13.6. The maximum atomic E-state index is 8.57. The number of nitrogens with zero attached hydrogens (tertiary/aromatic N) is 1. The number of rotatable bonds is 2. The van der Waals surface area contributed by atoms with Gasteiger partial charge in [0.25, 0.3) is 0 Å². The van der Waals surface area contributed by atoms with Crippen LogP contribution < -0.4 is 4.57 Å². The lowest BCUT2D eigenvalue weighted by atomic mass is 9.92. The Kier molecular flexibility index (Phi) is 3.70. The van der Waals surface area contributed by atoms with Crippen molar-refractivity contribution in [1.29, 1.82) is 0 Å². The Morgan fingerprint density at radius 2 is 1.63 bits per heavy atom. The van der Waals surface area contributed by atoms with Crippen molar-refractivity contribution in [3.8, 4) is 11.3 Å². The van der Waals surface area contributed by atoms with Gasteiger partial charge in [0.2, 0.25) is 5.69 Å². The fraction of sp³-hybridized carbons (Fsp3) is 0.269. The minimum atomic E-state index is 0.554. The molecule has 0 amide bonds. The Hall–Kier alpha value is -2.67. The van der Waals surface area contributed by atoms with Crippen molar-refractivity contribution in [1.82, 2.24) is 0 Å². The van der Waals surface area contributed by atoms with E-state index in [-0.39, 0.29) is 0 Å². The molecule has 5 rings (SSSR count). The summed E-state index contributed by atoms with van der Waals surface area (Å²) in [6.45, 7) is 2.18. The molecule has 0 N–H and O–H groups in total. The van der Waals surface area contributed by atoms with Gasteiger partial charge >= 0.3 is 0 Å². The summed E-state index contributed by atoms with van der Waals surface area (Å²) >= 11 is 0. The van der Waals surface area contributed by atoms with Crippen LogP contribution in [-0.4, -0.2) is 0 Å². The second-order valence-electron chi connectivity index (χ2n) is 8.02. The van der Waals surface area contributed by atoms with E-state index in [1.54, 1.807) is 0 Å². The predicted octanol–water partition coefficient (Wildman–Crippen LogP) is 6.45. The third-order valence-corrected chi connectivity index (χ3v) is 6.25. The number of aromatic nitrogens is 1. The van der Waals surface area contributed by atoms with Gasteiger partial charge in [0, 0.05) is 6.07 Å². The van der Waals surface area contributed by atoms with Gasteiger partial charge in [-0.25, -0.2) is 4.57 Å². The lowest BCUT2D eigenvalue weighted by molar-refractivity contribution is -0.659. The molecule has 0 unspecified atom stereocenters. The number of aryl methyl sites for hydroxylation is 1. The molecule has 0 saturated heterocycles. The highest BCUT2D eigenvalue weighted by atomic mass is 14.9. The summed E-state index contributed by atoms with van der Waals surface area (Å²) in [7, 11) is 2.01. The minimum absolute atomic E-state index is 0.554. The quantitative estimate of drug-likeness (QED) is 0.365. The lowest BCUT2D eigenvalue weighted by Gasteiger charge is -2.13. The number of pyridine rings is 1. The van der Waals surface area contributed by atoms with Crippen LogP contribution in [-0.2, 0) is 7.05 Å². The van der Waals surface area contributed by atoms with Crippen molar-refractivity contribution in [2.24, 2.45) is 7.05 Å². The van der Waals surface area contributed by atoms with Crippen molar-refractivity contribution in [2.45, 2.75) is 38.5 Å². The second-order valence-corrected chi connectivity index (χ2v) is 8.02. The largest absolute Gasteiger partial charge is 0.220 e. The van der Waals surface area contributed by atoms with E-state index in [0.29, 0.717) is 12.1 Å². The average Bonchev–Trinajstić information content (AvgIpc) is 3.23. The molecule has 134 valence electrons. The summed E-state index contributed by atoms with van der Waals surface area (Å²) in [6, 6.07) is 22.0. The molecular weight excluding hydrogens is 326 g/mol. The Labute approximate surface area is 162 Å². The maximum absolute atomic E-state index is 8.57. The first-order valence-electron chi connectivity index (χ1n) is 10.5. The van der Waals surface area contributed by atoms with E-state index in [2.05, 4.69) is 61.5 Å². The zero-order chi connectivity index (χ0) is 19.3. The monoisotopic (exact) mass is 353 g/mol. The van der Waals surface area contributed by atoms with Gasteiger partial charge in [0.15, 0.2) is 6.17 Å². The summed E-state index contributed by atoms with van der Waals surface area (Å²) in [4.78, 5) is 0. The molecule has 1 fully saturated rings. The van der Waals surface area contributed by atoms with E-state index in [1.165, 1.54) is 63.9 Å². The summed E-state index contributed by atoms with van der Waals surface area (Å²) < 4.78 is 10.6. The molecule has 1 heterocycles. The Morgan fingerprint density at radius 1 is 0.889 bits per heavy atom. The van der Waals surface area contributed by atoms with Crippen LogP contribution >= 0.6 is 0 Å². The van der Waals surface area contributed by atoms with Crippen molar-refractivity contribution in [2.75, 3.05) is 0 Å². The molecule has 0 atom stereocenters. The number of hydrogen-bond acceptors (Lipinski definition) is 0. The van der Waals surface area contributed by atoms with Crippen molar-refractivity contribution in [3.63, 3.8) is 0 Å². The molecule has 27 heavy (non-hydrogen) atoms. The summed E-state index contributed by atoms with van der Waals surface area (Å²) in [5, 5.41) is 4.93. The van der Waals surface area contributed by atoms with Crippen molar-refractivity contribution in [3.05, 3.63) is 78.0 Å². The maximum Gasteiger partial charge on any atom is 0.220 e. The van der Waals surface area contributed by atoms with Gasteiger partial charge in [-0.2, -0.15) is 0 Å². The molecule has 0 aliphatic heterocycles. The lowest BCUT2D eigenvalue weighted by Crippen LogP contribution is -2.30. The van der Waals surface area contributed by atoms with Crippen LogP contribution in [0.4, 0.5) is 0 Å². The second kappa shape index (κ2) is 6.49. The van der Waals surface area contributed by atoms with Gasteiger partial charge in [0.1, 0.15) is 8.42 Å². The van der Waals surface area contributed by atoms with Crippen LogP contribution in [0.5, 0.6) is 0 Å². The van der Waals surface area contributed by atoms with Gasteiger partial charge in [-0.1, -0.05) is 55.3 Å². The molecule has 1 aliphatic carbocycles. The average molecular weight is 354 g/mol. The predicted molar refractivity (Wildman–Crippen MR) is 114 cm³/mol. The van der Waals surface area contributed by atoms with Crippen LogP contribution in [0.25, 0.3) is 32.8 Å². The molecule has 1 aromatic heterocycles. The van der Waals surface area contributed by atoms with Crippen LogP contribution in [0.3, 0.4) is 0 Å². The molecular formula is C26H26N+. The van der Waals surface area contributed by atoms with Gasteiger partial charge in [-0.05, 0) is 65.1 Å². The zero-order valence-electron chi connectivity index (χ0n) is 17.1. The van der Waals surface area contributed by atoms with Crippen molar-refractivity contribution < 1.29 is 5.94 Å². The van der Waals surface area contributed by atoms with Gasteiger partial charge in [0.05, 0.1) is 10.9 Å². The normalized spacial score (nSPS) is 15.6. The third kappa shape index (κ3) is 2.82. The number of fused-ring (bicyclic) bond motifs is 2. The molecule has 4 aromatic rings. The van der Waals surface area contributed by atoms with E-state index in [4.69, 9.17) is 1.37 Å². The molecule has 0 bridgehead atoms. The third-order valence-electron chi connectivity index (χ3n) is 6.25. The molecule has 0 radical (unpaired) electrons. The number of hydrogen-bond donors (Lipinski definition) is 0. The Morgan fingerprint density at radius 3 is 2.41 bits per heavy atom.